The molecular weight excluding hydrogens is 344 g/mol. The van der Waals surface area contributed by atoms with Crippen molar-refractivity contribution in [3.63, 3.8) is 0 Å². The molecule has 0 saturated heterocycles. The second-order valence-electron chi connectivity index (χ2n) is 6.26. The molecular formula is C20H24N4O3. The molecule has 1 N–H and O–H groups in total. The number of benzene rings is 1. The van der Waals surface area contributed by atoms with Crippen LogP contribution in [0.4, 0.5) is 5.69 Å². The quantitative estimate of drug-likeness (QED) is 0.622. The number of hydrogen-bond donors (Lipinski definition) is 1. The number of amides is 1. The highest BCUT2D eigenvalue weighted by Gasteiger charge is 2.18. The number of hydrogen-bond acceptors (Lipinski definition) is 5. The average Bonchev–Trinajstić information content (AvgIpc) is 3.22. The summed E-state index contributed by atoms with van der Waals surface area (Å²) in [5.74, 6) is 0.00858. The number of likely N-dealkylation sites (N-methyl/N-ethyl adjacent to an activating group) is 1. The zero-order valence-electron chi connectivity index (χ0n) is 15.8. The zero-order valence-corrected chi connectivity index (χ0v) is 15.8. The highest BCUT2D eigenvalue weighted by molar-refractivity contribution is 5.97. The van der Waals surface area contributed by atoms with Crippen molar-refractivity contribution in [2.75, 3.05) is 19.6 Å². The summed E-state index contributed by atoms with van der Waals surface area (Å²) in [5, 5.41) is 19.3. The van der Waals surface area contributed by atoms with Gasteiger partial charge in [-0.3, -0.25) is 4.79 Å². The molecule has 3 aromatic rings. The number of aromatic nitrogens is 1. The Morgan fingerprint density at radius 1 is 1.22 bits per heavy atom. The Kier molecular flexibility index (Phi) is 5.71. The minimum atomic E-state index is -0.499. The van der Waals surface area contributed by atoms with E-state index in [0.717, 1.165) is 30.5 Å². The van der Waals surface area contributed by atoms with Crippen LogP contribution in [0.3, 0.4) is 0 Å². The van der Waals surface area contributed by atoms with E-state index in [1.54, 1.807) is 13.0 Å². The SMILES string of the molecule is CCN(CC)CCn1c(O)c(N=NC(=O)c2ccoc2C)c2ccccc21. The second-order valence-corrected chi connectivity index (χ2v) is 6.26. The molecule has 0 aliphatic carbocycles. The molecule has 2 heterocycles. The van der Waals surface area contributed by atoms with Gasteiger partial charge in [0.2, 0.25) is 5.88 Å². The molecule has 0 aliphatic heterocycles. The molecule has 0 radical (unpaired) electrons. The van der Waals surface area contributed by atoms with Crippen LogP contribution in [0.25, 0.3) is 10.9 Å². The standard InChI is InChI=1S/C20H24N4O3/c1-4-23(5-2)11-12-24-17-9-7-6-8-16(17)18(20(24)26)21-22-19(25)15-10-13-27-14(15)3/h6-10,13,26H,4-5,11-12H2,1-3H3. The van der Waals surface area contributed by atoms with Gasteiger partial charge in [0.05, 0.1) is 17.3 Å². The lowest BCUT2D eigenvalue weighted by Gasteiger charge is -2.18. The van der Waals surface area contributed by atoms with Crippen LogP contribution in [0, 0.1) is 6.92 Å². The van der Waals surface area contributed by atoms with Gasteiger partial charge < -0.3 is 19.0 Å². The number of carbonyl (C=O) groups is 1. The van der Waals surface area contributed by atoms with Gasteiger partial charge in [-0.2, -0.15) is 0 Å². The van der Waals surface area contributed by atoms with E-state index >= 15 is 0 Å². The molecule has 2 aromatic heterocycles. The maximum absolute atomic E-state index is 12.2. The largest absolute Gasteiger partial charge is 0.493 e. The number of rotatable bonds is 7. The van der Waals surface area contributed by atoms with E-state index < -0.39 is 5.91 Å². The Bertz CT molecular complexity index is 967. The van der Waals surface area contributed by atoms with E-state index in [1.807, 2.05) is 28.8 Å². The molecule has 1 amide bonds. The van der Waals surface area contributed by atoms with Gasteiger partial charge in [-0.15, -0.1) is 10.2 Å². The average molecular weight is 368 g/mol. The fraction of sp³-hybridized carbons (Fsp3) is 0.350. The number of fused-ring (bicyclic) bond motifs is 1. The van der Waals surface area contributed by atoms with Gasteiger partial charge >= 0.3 is 0 Å². The highest BCUT2D eigenvalue weighted by atomic mass is 16.3. The van der Waals surface area contributed by atoms with Crippen LogP contribution < -0.4 is 0 Å². The van der Waals surface area contributed by atoms with Gasteiger partial charge in [0.25, 0.3) is 5.91 Å². The molecule has 0 saturated carbocycles. The number of furan rings is 1. The van der Waals surface area contributed by atoms with E-state index in [9.17, 15) is 9.90 Å². The van der Waals surface area contributed by atoms with Gasteiger partial charge in [0.1, 0.15) is 5.76 Å². The predicted octanol–water partition coefficient (Wildman–Crippen LogP) is 4.51. The molecule has 0 spiro atoms. The van der Waals surface area contributed by atoms with Gasteiger partial charge in [-0.1, -0.05) is 32.0 Å². The smallest absolute Gasteiger partial charge is 0.298 e. The van der Waals surface area contributed by atoms with E-state index in [4.69, 9.17) is 4.42 Å². The monoisotopic (exact) mass is 368 g/mol. The number of aryl methyl sites for hydroxylation is 1. The third-order valence-corrected chi connectivity index (χ3v) is 4.78. The fourth-order valence-electron chi connectivity index (χ4n) is 3.13. The van der Waals surface area contributed by atoms with Crippen LogP contribution in [-0.4, -0.2) is 40.1 Å². The normalized spacial score (nSPS) is 11.9. The molecule has 0 fully saturated rings. The van der Waals surface area contributed by atoms with Crippen molar-refractivity contribution in [2.24, 2.45) is 10.2 Å². The Hall–Kier alpha value is -2.93. The third-order valence-electron chi connectivity index (χ3n) is 4.78. The van der Waals surface area contributed by atoms with Crippen molar-refractivity contribution < 1.29 is 14.3 Å². The Morgan fingerprint density at radius 2 is 1.96 bits per heavy atom. The highest BCUT2D eigenvalue weighted by Crippen LogP contribution is 2.38. The Labute approximate surface area is 157 Å². The summed E-state index contributed by atoms with van der Waals surface area (Å²) in [7, 11) is 0. The summed E-state index contributed by atoms with van der Waals surface area (Å²) in [6, 6.07) is 9.14. The fourth-order valence-corrected chi connectivity index (χ4v) is 3.13. The molecule has 142 valence electrons. The Morgan fingerprint density at radius 3 is 2.63 bits per heavy atom. The molecule has 0 atom stereocenters. The van der Waals surface area contributed by atoms with Crippen molar-refractivity contribution >= 4 is 22.5 Å². The zero-order chi connectivity index (χ0) is 19.4. The molecule has 7 nitrogen and oxygen atoms in total. The first-order valence-corrected chi connectivity index (χ1v) is 9.09. The van der Waals surface area contributed by atoms with Crippen molar-refractivity contribution in [1.82, 2.24) is 9.47 Å². The molecule has 0 unspecified atom stereocenters. The van der Waals surface area contributed by atoms with Crippen molar-refractivity contribution in [3.8, 4) is 5.88 Å². The molecule has 3 rings (SSSR count). The number of aromatic hydroxyl groups is 1. The lowest BCUT2D eigenvalue weighted by atomic mass is 10.2. The molecule has 1 aromatic carbocycles. The third kappa shape index (κ3) is 3.78. The summed E-state index contributed by atoms with van der Waals surface area (Å²) in [6.45, 7) is 9.24. The van der Waals surface area contributed by atoms with Gasteiger partial charge in [-0.25, -0.2) is 0 Å². The van der Waals surface area contributed by atoms with Crippen LogP contribution in [0.15, 0.2) is 51.2 Å². The number of nitrogens with zero attached hydrogens (tertiary/aromatic N) is 4. The molecule has 27 heavy (non-hydrogen) atoms. The molecule has 7 heteroatoms. The van der Waals surface area contributed by atoms with Gasteiger partial charge in [-0.05, 0) is 32.1 Å². The van der Waals surface area contributed by atoms with Gasteiger partial charge in [0.15, 0.2) is 5.69 Å². The second kappa shape index (κ2) is 8.18. The van der Waals surface area contributed by atoms with E-state index in [0.29, 0.717) is 23.6 Å². The first-order chi connectivity index (χ1) is 13.1. The maximum atomic E-state index is 12.2. The Balaban J connectivity index is 1.94. The van der Waals surface area contributed by atoms with Crippen LogP contribution in [0.2, 0.25) is 0 Å². The predicted molar refractivity (Wildman–Crippen MR) is 104 cm³/mol. The maximum Gasteiger partial charge on any atom is 0.298 e. The van der Waals surface area contributed by atoms with Crippen LogP contribution in [-0.2, 0) is 6.54 Å². The minimum Gasteiger partial charge on any atom is -0.493 e. The van der Waals surface area contributed by atoms with E-state index in [1.165, 1.54) is 6.26 Å². The van der Waals surface area contributed by atoms with E-state index in [-0.39, 0.29) is 5.88 Å². The number of carbonyl (C=O) groups excluding carboxylic acids is 1. The minimum absolute atomic E-state index is 0.0174. The van der Waals surface area contributed by atoms with Crippen LogP contribution >= 0.6 is 0 Å². The van der Waals surface area contributed by atoms with Crippen LogP contribution in [0.5, 0.6) is 5.88 Å². The number of para-hydroxylation sites is 1. The first-order valence-electron chi connectivity index (χ1n) is 9.09. The molecule has 0 aliphatic rings. The summed E-state index contributed by atoms with van der Waals surface area (Å²) in [4.78, 5) is 14.5. The van der Waals surface area contributed by atoms with Crippen molar-refractivity contribution in [2.45, 2.75) is 27.3 Å². The van der Waals surface area contributed by atoms with Crippen molar-refractivity contribution in [1.29, 1.82) is 0 Å². The summed E-state index contributed by atoms with van der Waals surface area (Å²) in [6.07, 6.45) is 1.44. The number of azo groups is 1. The first kappa shape index (κ1) is 18.8. The lowest BCUT2D eigenvalue weighted by molar-refractivity contribution is 0.0993. The van der Waals surface area contributed by atoms with Gasteiger partial charge in [0, 0.05) is 18.5 Å². The van der Waals surface area contributed by atoms with E-state index in [2.05, 4.69) is 29.0 Å². The lowest BCUT2D eigenvalue weighted by Crippen LogP contribution is -2.26. The van der Waals surface area contributed by atoms with Crippen molar-refractivity contribution in [3.05, 3.63) is 47.9 Å². The van der Waals surface area contributed by atoms with Crippen LogP contribution in [0.1, 0.15) is 30.0 Å². The molecule has 0 bridgehead atoms. The summed E-state index contributed by atoms with van der Waals surface area (Å²) in [5.41, 5.74) is 1.53. The summed E-state index contributed by atoms with van der Waals surface area (Å²) >= 11 is 0. The topological polar surface area (TPSA) is 83.3 Å². The summed E-state index contributed by atoms with van der Waals surface area (Å²) < 4.78 is 6.95.